The SMILES string of the molecule is CCC(C)NC(=O)C(C(=O)O)C(C)C. The number of amides is 1. The average molecular weight is 201 g/mol. The highest BCUT2D eigenvalue weighted by Gasteiger charge is 2.29. The molecule has 0 aromatic carbocycles. The lowest BCUT2D eigenvalue weighted by atomic mass is 9.95. The Morgan fingerprint density at radius 2 is 1.79 bits per heavy atom. The number of carbonyl (C=O) groups is 2. The maximum Gasteiger partial charge on any atom is 0.316 e. The van der Waals surface area contributed by atoms with Crippen LogP contribution in [0.1, 0.15) is 34.1 Å². The van der Waals surface area contributed by atoms with Gasteiger partial charge in [-0.25, -0.2) is 0 Å². The summed E-state index contributed by atoms with van der Waals surface area (Å²) in [4.78, 5) is 22.3. The Balaban J connectivity index is 4.38. The third-order valence-electron chi connectivity index (χ3n) is 2.22. The van der Waals surface area contributed by atoms with E-state index in [-0.39, 0.29) is 17.9 Å². The molecule has 2 unspecified atom stereocenters. The van der Waals surface area contributed by atoms with Gasteiger partial charge in [-0.15, -0.1) is 0 Å². The number of carbonyl (C=O) groups excluding carboxylic acids is 1. The number of hydrogen-bond acceptors (Lipinski definition) is 2. The molecule has 0 bridgehead atoms. The van der Waals surface area contributed by atoms with E-state index in [0.29, 0.717) is 0 Å². The van der Waals surface area contributed by atoms with E-state index in [1.807, 2.05) is 13.8 Å². The third-order valence-corrected chi connectivity index (χ3v) is 2.22. The Bertz CT molecular complexity index is 213. The van der Waals surface area contributed by atoms with Crippen molar-refractivity contribution in [1.82, 2.24) is 5.32 Å². The largest absolute Gasteiger partial charge is 0.481 e. The van der Waals surface area contributed by atoms with Crippen molar-refractivity contribution < 1.29 is 14.7 Å². The van der Waals surface area contributed by atoms with Gasteiger partial charge in [-0.1, -0.05) is 20.8 Å². The lowest BCUT2D eigenvalue weighted by Gasteiger charge is -2.18. The van der Waals surface area contributed by atoms with E-state index in [1.54, 1.807) is 13.8 Å². The fourth-order valence-corrected chi connectivity index (χ4v) is 1.13. The molecule has 0 aliphatic carbocycles. The first kappa shape index (κ1) is 12.9. The van der Waals surface area contributed by atoms with Crippen molar-refractivity contribution in [3.05, 3.63) is 0 Å². The standard InChI is InChI=1S/C10H19NO3/c1-5-7(4)11-9(12)8(6(2)3)10(13)14/h6-8H,5H2,1-4H3,(H,11,12)(H,13,14). The first-order valence-corrected chi connectivity index (χ1v) is 4.93. The van der Waals surface area contributed by atoms with Crippen LogP contribution in [0.4, 0.5) is 0 Å². The van der Waals surface area contributed by atoms with Gasteiger partial charge in [0.25, 0.3) is 0 Å². The highest BCUT2D eigenvalue weighted by atomic mass is 16.4. The molecule has 0 saturated heterocycles. The molecule has 0 fully saturated rings. The van der Waals surface area contributed by atoms with Gasteiger partial charge in [0, 0.05) is 6.04 Å². The molecule has 4 nitrogen and oxygen atoms in total. The van der Waals surface area contributed by atoms with Crippen molar-refractivity contribution in [2.24, 2.45) is 11.8 Å². The minimum absolute atomic E-state index is 0.0306. The molecule has 0 aliphatic heterocycles. The van der Waals surface area contributed by atoms with Crippen LogP contribution < -0.4 is 5.32 Å². The summed E-state index contributed by atoms with van der Waals surface area (Å²) in [6, 6.07) is 0.0306. The molecule has 0 rings (SSSR count). The highest BCUT2D eigenvalue weighted by molar-refractivity contribution is 5.97. The van der Waals surface area contributed by atoms with Crippen molar-refractivity contribution in [3.63, 3.8) is 0 Å². The van der Waals surface area contributed by atoms with Crippen LogP contribution in [0.3, 0.4) is 0 Å². The van der Waals surface area contributed by atoms with Crippen LogP contribution in [0.25, 0.3) is 0 Å². The summed E-state index contributed by atoms with van der Waals surface area (Å²) in [5.74, 6) is -2.57. The minimum Gasteiger partial charge on any atom is -0.481 e. The van der Waals surface area contributed by atoms with Crippen molar-refractivity contribution in [2.45, 2.75) is 40.2 Å². The van der Waals surface area contributed by atoms with E-state index in [1.165, 1.54) is 0 Å². The van der Waals surface area contributed by atoms with Crippen molar-refractivity contribution in [1.29, 1.82) is 0 Å². The summed E-state index contributed by atoms with van der Waals surface area (Å²) in [6.07, 6.45) is 0.802. The maximum atomic E-state index is 11.5. The van der Waals surface area contributed by atoms with Gasteiger partial charge < -0.3 is 10.4 Å². The highest BCUT2D eigenvalue weighted by Crippen LogP contribution is 2.11. The number of aliphatic carboxylic acids is 1. The third kappa shape index (κ3) is 3.77. The molecular weight excluding hydrogens is 182 g/mol. The van der Waals surface area contributed by atoms with Gasteiger partial charge in [0.2, 0.25) is 5.91 Å². The Kier molecular flexibility index (Phi) is 5.20. The topological polar surface area (TPSA) is 66.4 Å². The first-order valence-electron chi connectivity index (χ1n) is 4.93. The summed E-state index contributed by atoms with van der Waals surface area (Å²) < 4.78 is 0. The summed E-state index contributed by atoms with van der Waals surface area (Å²) >= 11 is 0. The Morgan fingerprint density at radius 3 is 2.07 bits per heavy atom. The molecule has 0 saturated carbocycles. The average Bonchev–Trinajstić information content (AvgIpc) is 2.02. The zero-order chi connectivity index (χ0) is 11.3. The lowest BCUT2D eigenvalue weighted by molar-refractivity contribution is -0.149. The molecule has 0 aromatic heterocycles. The Morgan fingerprint density at radius 1 is 1.29 bits per heavy atom. The van der Waals surface area contributed by atoms with Gasteiger partial charge in [0.15, 0.2) is 0 Å². The number of rotatable bonds is 5. The molecule has 0 aliphatic rings. The van der Waals surface area contributed by atoms with Crippen molar-refractivity contribution >= 4 is 11.9 Å². The number of nitrogens with one attached hydrogen (secondary N) is 1. The van der Waals surface area contributed by atoms with E-state index in [9.17, 15) is 9.59 Å². The van der Waals surface area contributed by atoms with E-state index in [2.05, 4.69) is 5.32 Å². The maximum absolute atomic E-state index is 11.5. The molecular formula is C10H19NO3. The summed E-state index contributed by atoms with van der Waals surface area (Å²) in [6.45, 7) is 7.26. The normalized spacial score (nSPS) is 14.9. The lowest BCUT2D eigenvalue weighted by Crippen LogP contribution is -2.42. The van der Waals surface area contributed by atoms with Gasteiger partial charge in [0.1, 0.15) is 5.92 Å². The molecule has 4 heteroatoms. The van der Waals surface area contributed by atoms with Crippen LogP contribution in [0.15, 0.2) is 0 Å². The van der Waals surface area contributed by atoms with Crippen LogP contribution in [-0.4, -0.2) is 23.0 Å². The van der Waals surface area contributed by atoms with Crippen LogP contribution in [-0.2, 0) is 9.59 Å². The van der Waals surface area contributed by atoms with Crippen LogP contribution >= 0.6 is 0 Å². The van der Waals surface area contributed by atoms with Gasteiger partial charge in [-0.2, -0.15) is 0 Å². The van der Waals surface area contributed by atoms with Gasteiger partial charge in [-0.3, -0.25) is 9.59 Å². The molecule has 0 spiro atoms. The second-order valence-corrected chi connectivity index (χ2v) is 3.88. The molecule has 1 amide bonds. The Labute approximate surface area is 84.7 Å². The molecule has 2 atom stereocenters. The fourth-order valence-electron chi connectivity index (χ4n) is 1.13. The quantitative estimate of drug-likeness (QED) is 0.658. The zero-order valence-corrected chi connectivity index (χ0v) is 9.20. The minimum atomic E-state index is -1.05. The molecule has 82 valence electrons. The predicted octanol–water partition coefficient (Wildman–Crippen LogP) is 1.26. The second kappa shape index (κ2) is 5.62. The van der Waals surface area contributed by atoms with Crippen molar-refractivity contribution in [2.75, 3.05) is 0 Å². The monoisotopic (exact) mass is 201 g/mol. The molecule has 0 heterocycles. The molecule has 0 aromatic rings. The van der Waals surface area contributed by atoms with E-state index in [0.717, 1.165) is 6.42 Å². The summed E-state index contributed by atoms with van der Waals surface area (Å²) in [7, 11) is 0. The smallest absolute Gasteiger partial charge is 0.316 e. The van der Waals surface area contributed by atoms with Crippen molar-refractivity contribution in [3.8, 4) is 0 Å². The Hall–Kier alpha value is -1.06. The van der Waals surface area contributed by atoms with Gasteiger partial charge >= 0.3 is 5.97 Å². The van der Waals surface area contributed by atoms with E-state index >= 15 is 0 Å². The van der Waals surface area contributed by atoms with Crippen LogP contribution in [0, 0.1) is 11.8 Å². The summed E-state index contributed by atoms with van der Waals surface area (Å²) in [5, 5.41) is 11.5. The van der Waals surface area contributed by atoms with E-state index < -0.39 is 11.9 Å². The number of carboxylic acids is 1. The van der Waals surface area contributed by atoms with Gasteiger partial charge in [0.05, 0.1) is 0 Å². The molecule has 0 radical (unpaired) electrons. The second-order valence-electron chi connectivity index (χ2n) is 3.88. The summed E-state index contributed by atoms with van der Waals surface area (Å²) in [5.41, 5.74) is 0. The first-order chi connectivity index (χ1) is 6.40. The molecule has 2 N–H and O–H groups in total. The number of hydrogen-bond donors (Lipinski definition) is 2. The predicted molar refractivity (Wildman–Crippen MR) is 53.9 cm³/mol. The van der Waals surface area contributed by atoms with Crippen LogP contribution in [0.5, 0.6) is 0 Å². The zero-order valence-electron chi connectivity index (χ0n) is 9.20. The van der Waals surface area contributed by atoms with Crippen LogP contribution in [0.2, 0.25) is 0 Å². The van der Waals surface area contributed by atoms with Gasteiger partial charge in [-0.05, 0) is 19.3 Å². The van der Waals surface area contributed by atoms with E-state index in [4.69, 9.17) is 5.11 Å². The fraction of sp³-hybridized carbons (Fsp3) is 0.800. The number of carboxylic acid groups (broad SMARTS) is 1. The molecule has 14 heavy (non-hydrogen) atoms.